The molecule has 3 heteroatoms. The van der Waals surface area contributed by atoms with E-state index in [1.807, 2.05) is 7.05 Å². The van der Waals surface area contributed by atoms with Crippen LogP contribution in [0.5, 0.6) is 0 Å². The van der Waals surface area contributed by atoms with E-state index in [0.29, 0.717) is 6.61 Å². The molecule has 0 aromatic carbocycles. The summed E-state index contributed by atoms with van der Waals surface area (Å²) in [6.07, 6.45) is 0.666. The Morgan fingerprint density at radius 2 is 2.56 bits per heavy atom. The molecule has 0 amide bonds. The summed E-state index contributed by atoms with van der Waals surface area (Å²) in [5.41, 5.74) is 0. The number of ether oxygens (including phenoxy) is 1. The number of nitrogens with zero attached hydrogens (tertiary/aromatic N) is 1. The Balaban J connectivity index is 2.31. The second-order valence-electron chi connectivity index (χ2n) is 2.31. The number of aldehydes is 1. The second kappa shape index (κ2) is 2.94. The molecule has 1 aliphatic rings. The van der Waals surface area contributed by atoms with Gasteiger partial charge in [-0.05, 0) is 7.05 Å². The van der Waals surface area contributed by atoms with Gasteiger partial charge in [-0.25, -0.2) is 0 Å². The van der Waals surface area contributed by atoms with Crippen LogP contribution in [-0.2, 0) is 9.53 Å². The van der Waals surface area contributed by atoms with Crippen LogP contribution in [0.15, 0.2) is 0 Å². The molecule has 0 bridgehead atoms. The van der Waals surface area contributed by atoms with Crippen LogP contribution in [-0.4, -0.2) is 44.0 Å². The average molecular weight is 129 g/mol. The molecule has 0 spiro atoms. The monoisotopic (exact) mass is 129 g/mol. The molecule has 3 nitrogen and oxygen atoms in total. The molecule has 0 aliphatic carbocycles. The smallest absolute Gasteiger partial charge is 0.150 e. The van der Waals surface area contributed by atoms with Gasteiger partial charge in [0.1, 0.15) is 12.4 Å². The molecule has 0 aromatic rings. The first kappa shape index (κ1) is 6.71. The summed E-state index contributed by atoms with van der Waals surface area (Å²) in [6.45, 7) is 2.35. The highest BCUT2D eigenvalue weighted by Crippen LogP contribution is 1.98. The fourth-order valence-corrected chi connectivity index (χ4v) is 0.893. The quantitative estimate of drug-likeness (QED) is 0.448. The van der Waals surface area contributed by atoms with Crippen molar-refractivity contribution in [2.75, 3.05) is 26.7 Å². The van der Waals surface area contributed by atoms with Crippen LogP contribution in [0.25, 0.3) is 0 Å². The van der Waals surface area contributed by atoms with E-state index in [1.54, 1.807) is 0 Å². The van der Waals surface area contributed by atoms with E-state index < -0.39 is 0 Å². The topological polar surface area (TPSA) is 29.5 Å². The van der Waals surface area contributed by atoms with Crippen molar-refractivity contribution in [1.29, 1.82) is 0 Å². The Bertz CT molecular complexity index is 105. The Morgan fingerprint density at radius 1 is 1.78 bits per heavy atom. The van der Waals surface area contributed by atoms with Crippen molar-refractivity contribution >= 4 is 6.29 Å². The van der Waals surface area contributed by atoms with Crippen LogP contribution in [0, 0.1) is 0 Å². The predicted octanol–water partition coefficient (Wildman–Crippen LogP) is -0.484. The van der Waals surface area contributed by atoms with Crippen LogP contribution >= 0.6 is 0 Å². The minimum atomic E-state index is -0.191. The Kier molecular flexibility index (Phi) is 2.19. The molecule has 52 valence electrons. The van der Waals surface area contributed by atoms with Gasteiger partial charge in [-0.15, -0.1) is 0 Å². The molecular weight excluding hydrogens is 118 g/mol. The fourth-order valence-electron chi connectivity index (χ4n) is 0.893. The van der Waals surface area contributed by atoms with Crippen molar-refractivity contribution in [3.8, 4) is 0 Å². The molecule has 1 atom stereocenters. The lowest BCUT2D eigenvalue weighted by Crippen LogP contribution is -2.40. The Morgan fingerprint density at radius 3 is 3.00 bits per heavy atom. The highest BCUT2D eigenvalue weighted by molar-refractivity contribution is 5.56. The predicted molar refractivity (Wildman–Crippen MR) is 33.3 cm³/mol. The van der Waals surface area contributed by atoms with Gasteiger partial charge < -0.3 is 14.4 Å². The third-order valence-electron chi connectivity index (χ3n) is 1.45. The van der Waals surface area contributed by atoms with Gasteiger partial charge in [-0.1, -0.05) is 0 Å². The number of rotatable bonds is 1. The van der Waals surface area contributed by atoms with E-state index in [9.17, 15) is 4.79 Å². The van der Waals surface area contributed by atoms with Crippen LogP contribution in [0.2, 0.25) is 0 Å². The van der Waals surface area contributed by atoms with E-state index in [4.69, 9.17) is 4.74 Å². The normalized spacial score (nSPS) is 30.1. The number of carbonyl (C=O) groups is 1. The molecular formula is C6H11NO2. The number of hydrogen-bond donors (Lipinski definition) is 0. The lowest BCUT2D eigenvalue weighted by atomic mass is 10.3. The largest absolute Gasteiger partial charge is 0.368 e. The van der Waals surface area contributed by atoms with Crippen LogP contribution in [0.1, 0.15) is 0 Å². The zero-order chi connectivity index (χ0) is 6.69. The summed E-state index contributed by atoms with van der Waals surface area (Å²) in [7, 11) is 1.99. The highest BCUT2D eigenvalue weighted by Gasteiger charge is 2.15. The Hall–Kier alpha value is -0.410. The van der Waals surface area contributed by atoms with Crippen molar-refractivity contribution < 1.29 is 9.53 Å². The molecule has 0 N–H and O–H groups in total. The van der Waals surface area contributed by atoms with Crippen molar-refractivity contribution in [3.05, 3.63) is 0 Å². The van der Waals surface area contributed by atoms with Gasteiger partial charge in [0.15, 0.2) is 0 Å². The first-order chi connectivity index (χ1) is 4.33. The maximum Gasteiger partial charge on any atom is 0.150 e. The summed E-state index contributed by atoms with van der Waals surface area (Å²) in [6, 6.07) is 0. The lowest BCUT2D eigenvalue weighted by molar-refractivity contribution is -0.122. The third-order valence-corrected chi connectivity index (χ3v) is 1.45. The van der Waals surface area contributed by atoms with Gasteiger partial charge in [0.05, 0.1) is 6.61 Å². The highest BCUT2D eigenvalue weighted by atomic mass is 16.5. The van der Waals surface area contributed by atoms with Gasteiger partial charge in [0.25, 0.3) is 0 Å². The van der Waals surface area contributed by atoms with Crippen LogP contribution < -0.4 is 0 Å². The summed E-state index contributed by atoms with van der Waals surface area (Å²) in [5.74, 6) is 0. The molecule has 1 saturated heterocycles. The van der Waals surface area contributed by atoms with Gasteiger partial charge in [0, 0.05) is 13.1 Å². The first-order valence-electron chi connectivity index (χ1n) is 3.08. The van der Waals surface area contributed by atoms with Gasteiger partial charge >= 0.3 is 0 Å². The average Bonchev–Trinajstić information content (AvgIpc) is 1.88. The van der Waals surface area contributed by atoms with Crippen molar-refractivity contribution in [2.45, 2.75) is 6.10 Å². The summed E-state index contributed by atoms with van der Waals surface area (Å²) in [5, 5.41) is 0. The zero-order valence-electron chi connectivity index (χ0n) is 5.54. The maximum absolute atomic E-state index is 10.2. The molecule has 0 unspecified atom stereocenters. The van der Waals surface area contributed by atoms with E-state index in [0.717, 1.165) is 19.4 Å². The standard InChI is InChI=1S/C6H11NO2/c1-7-2-3-9-6(4-7)5-8/h5-6H,2-4H2,1H3/t6-/m1/s1. The number of carbonyl (C=O) groups excluding carboxylic acids is 1. The van der Waals surface area contributed by atoms with Crippen molar-refractivity contribution in [3.63, 3.8) is 0 Å². The van der Waals surface area contributed by atoms with Gasteiger partial charge in [-0.2, -0.15) is 0 Å². The fraction of sp³-hybridized carbons (Fsp3) is 0.833. The number of morpholine rings is 1. The molecule has 0 aromatic heterocycles. The molecule has 1 aliphatic heterocycles. The number of hydrogen-bond acceptors (Lipinski definition) is 3. The molecule has 9 heavy (non-hydrogen) atoms. The number of likely N-dealkylation sites (N-methyl/N-ethyl adjacent to an activating group) is 1. The van der Waals surface area contributed by atoms with E-state index >= 15 is 0 Å². The first-order valence-corrected chi connectivity index (χ1v) is 3.08. The van der Waals surface area contributed by atoms with Crippen LogP contribution in [0.4, 0.5) is 0 Å². The summed E-state index contributed by atoms with van der Waals surface area (Å²) < 4.78 is 5.09. The third kappa shape index (κ3) is 1.77. The van der Waals surface area contributed by atoms with Gasteiger partial charge in [-0.3, -0.25) is 0 Å². The summed E-state index contributed by atoms with van der Waals surface area (Å²) in [4.78, 5) is 12.2. The molecule has 1 heterocycles. The second-order valence-corrected chi connectivity index (χ2v) is 2.31. The molecule has 0 radical (unpaired) electrons. The Labute approximate surface area is 54.6 Å². The summed E-state index contributed by atoms with van der Waals surface area (Å²) >= 11 is 0. The zero-order valence-corrected chi connectivity index (χ0v) is 5.54. The molecule has 1 fully saturated rings. The minimum absolute atomic E-state index is 0.191. The van der Waals surface area contributed by atoms with E-state index in [1.165, 1.54) is 0 Å². The van der Waals surface area contributed by atoms with Crippen molar-refractivity contribution in [1.82, 2.24) is 4.90 Å². The maximum atomic E-state index is 10.2. The van der Waals surface area contributed by atoms with E-state index in [2.05, 4.69) is 4.90 Å². The molecule has 1 rings (SSSR count). The molecule has 0 saturated carbocycles. The van der Waals surface area contributed by atoms with E-state index in [-0.39, 0.29) is 6.10 Å². The SMILES string of the molecule is CN1CCO[C@@H](C=O)C1. The van der Waals surface area contributed by atoms with Crippen LogP contribution in [0.3, 0.4) is 0 Å². The van der Waals surface area contributed by atoms with Gasteiger partial charge in [0.2, 0.25) is 0 Å². The van der Waals surface area contributed by atoms with Crippen molar-refractivity contribution in [2.24, 2.45) is 0 Å². The lowest BCUT2D eigenvalue weighted by Gasteiger charge is -2.26. The minimum Gasteiger partial charge on any atom is -0.368 e.